The van der Waals surface area contributed by atoms with E-state index in [9.17, 15) is 14.7 Å². The fourth-order valence-corrected chi connectivity index (χ4v) is 3.27. The fourth-order valence-electron chi connectivity index (χ4n) is 3.27. The number of hydrogen-bond donors (Lipinski definition) is 2. The molecule has 0 bridgehead atoms. The molecular weight excluding hydrogens is 334 g/mol. The quantitative estimate of drug-likeness (QED) is 0.764. The summed E-state index contributed by atoms with van der Waals surface area (Å²) >= 11 is 0. The smallest absolute Gasteiger partial charge is 0.325 e. The average molecular weight is 355 g/mol. The number of rotatable bonds is 6. The molecular formula is C20H21NO5. The van der Waals surface area contributed by atoms with Crippen molar-refractivity contribution in [2.45, 2.75) is 24.5 Å². The zero-order valence-electron chi connectivity index (χ0n) is 14.4. The van der Waals surface area contributed by atoms with Crippen molar-refractivity contribution in [2.24, 2.45) is 5.73 Å². The Morgan fingerprint density at radius 1 is 1.08 bits per heavy atom. The van der Waals surface area contributed by atoms with Gasteiger partial charge in [0, 0.05) is 5.92 Å². The van der Waals surface area contributed by atoms with Crippen LogP contribution in [0.25, 0.3) is 11.1 Å². The number of carbonyl (C=O) groups is 2. The summed E-state index contributed by atoms with van der Waals surface area (Å²) in [5.74, 6) is -1.44. The van der Waals surface area contributed by atoms with Crippen LogP contribution in [0.3, 0.4) is 0 Å². The van der Waals surface area contributed by atoms with Crippen molar-refractivity contribution in [3.8, 4) is 11.1 Å². The third kappa shape index (κ3) is 3.47. The number of ether oxygens (including phenoxy) is 2. The van der Waals surface area contributed by atoms with E-state index in [4.69, 9.17) is 10.5 Å². The maximum absolute atomic E-state index is 12.1. The van der Waals surface area contributed by atoms with E-state index < -0.39 is 24.1 Å². The molecule has 2 atom stereocenters. The average Bonchev–Trinajstić information content (AvgIpc) is 2.99. The monoisotopic (exact) mass is 355 g/mol. The summed E-state index contributed by atoms with van der Waals surface area (Å²) in [6.07, 6.45) is -1.72. The first-order valence-corrected chi connectivity index (χ1v) is 8.38. The van der Waals surface area contributed by atoms with Crippen LogP contribution >= 0.6 is 0 Å². The van der Waals surface area contributed by atoms with Crippen LogP contribution in [0.5, 0.6) is 0 Å². The molecule has 3 N–H and O–H groups in total. The van der Waals surface area contributed by atoms with Crippen molar-refractivity contribution >= 4 is 11.9 Å². The van der Waals surface area contributed by atoms with E-state index in [1.165, 1.54) is 7.11 Å². The van der Waals surface area contributed by atoms with Gasteiger partial charge in [-0.3, -0.25) is 9.59 Å². The van der Waals surface area contributed by atoms with Crippen molar-refractivity contribution in [2.75, 3.05) is 13.7 Å². The first kappa shape index (κ1) is 18.1. The predicted octanol–water partition coefficient (Wildman–Crippen LogP) is 1.59. The molecule has 0 amide bonds. The molecule has 0 fully saturated rings. The van der Waals surface area contributed by atoms with Crippen LogP contribution in [0.15, 0.2) is 48.5 Å². The van der Waals surface area contributed by atoms with E-state index in [1.807, 2.05) is 36.4 Å². The van der Waals surface area contributed by atoms with Crippen LogP contribution < -0.4 is 5.73 Å². The van der Waals surface area contributed by atoms with Gasteiger partial charge in [-0.25, -0.2) is 0 Å². The Balaban J connectivity index is 1.67. The highest BCUT2D eigenvalue weighted by molar-refractivity contribution is 5.80. The molecule has 0 radical (unpaired) electrons. The number of fused-ring (bicyclic) bond motifs is 3. The summed E-state index contributed by atoms with van der Waals surface area (Å²) in [5.41, 5.74) is 10.0. The lowest BCUT2D eigenvalue weighted by Crippen LogP contribution is -2.43. The van der Waals surface area contributed by atoms with E-state index in [2.05, 4.69) is 16.9 Å². The Hall–Kier alpha value is -2.70. The molecule has 136 valence electrons. The molecule has 1 aliphatic carbocycles. The van der Waals surface area contributed by atoms with Crippen LogP contribution in [0.2, 0.25) is 0 Å². The van der Waals surface area contributed by atoms with Gasteiger partial charge in [-0.05, 0) is 22.3 Å². The maximum atomic E-state index is 12.1. The second-order valence-corrected chi connectivity index (χ2v) is 6.23. The van der Waals surface area contributed by atoms with Crippen molar-refractivity contribution in [3.63, 3.8) is 0 Å². The standard InChI is InChI=1S/C20H21NO5/c1-25-20(24)19(21)17(22)10-18(23)26-11-16-14-8-4-2-6-12(14)13-7-3-5-9-15(13)16/h2-9,16-17,19,22H,10-11,21H2,1H3/t17-,19+/m1/s1. The number of methoxy groups -OCH3 is 1. The minimum absolute atomic E-state index is 0.0576. The minimum Gasteiger partial charge on any atom is -0.468 e. The minimum atomic E-state index is -1.35. The van der Waals surface area contributed by atoms with Gasteiger partial charge in [0.2, 0.25) is 0 Å². The first-order chi connectivity index (χ1) is 12.5. The van der Waals surface area contributed by atoms with Crippen LogP contribution in [-0.4, -0.2) is 42.9 Å². The Kier molecular flexibility index (Phi) is 5.35. The third-order valence-electron chi connectivity index (χ3n) is 4.64. The van der Waals surface area contributed by atoms with Gasteiger partial charge >= 0.3 is 11.9 Å². The van der Waals surface area contributed by atoms with E-state index in [0.29, 0.717) is 0 Å². The van der Waals surface area contributed by atoms with Crippen molar-refractivity contribution in [1.82, 2.24) is 0 Å². The summed E-state index contributed by atoms with van der Waals surface area (Å²) in [7, 11) is 1.17. The molecule has 2 aromatic rings. The number of hydrogen-bond acceptors (Lipinski definition) is 6. The summed E-state index contributed by atoms with van der Waals surface area (Å²) in [6.45, 7) is 0.160. The zero-order valence-corrected chi connectivity index (χ0v) is 14.4. The lowest BCUT2D eigenvalue weighted by atomic mass is 9.98. The van der Waals surface area contributed by atoms with Crippen LogP contribution in [0.4, 0.5) is 0 Å². The number of carbonyl (C=O) groups excluding carboxylic acids is 2. The Labute approximate surface area is 151 Å². The zero-order chi connectivity index (χ0) is 18.7. The molecule has 0 unspecified atom stereocenters. The number of esters is 2. The van der Waals surface area contributed by atoms with Gasteiger partial charge in [0.05, 0.1) is 19.6 Å². The summed E-state index contributed by atoms with van der Waals surface area (Å²) in [5, 5.41) is 9.87. The molecule has 0 saturated carbocycles. The Bertz CT molecular complexity index is 774. The number of benzene rings is 2. The number of aliphatic hydroxyl groups is 1. The summed E-state index contributed by atoms with van der Waals surface area (Å²) in [6, 6.07) is 14.7. The first-order valence-electron chi connectivity index (χ1n) is 8.38. The van der Waals surface area contributed by atoms with Crippen molar-refractivity contribution in [1.29, 1.82) is 0 Å². The molecule has 26 heavy (non-hydrogen) atoms. The van der Waals surface area contributed by atoms with Gasteiger partial charge in [0.15, 0.2) is 0 Å². The molecule has 0 heterocycles. The van der Waals surface area contributed by atoms with E-state index >= 15 is 0 Å². The molecule has 1 aliphatic rings. The van der Waals surface area contributed by atoms with Gasteiger partial charge in [-0.15, -0.1) is 0 Å². The predicted molar refractivity (Wildman–Crippen MR) is 95.3 cm³/mol. The van der Waals surface area contributed by atoms with E-state index in [-0.39, 0.29) is 18.9 Å². The van der Waals surface area contributed by atoms with Gasteiger partial charge in [-0.1, -0.05) is 48.5 Å². The highest BCUT2D eigenvalue weighted by Gasteiger charge is 2.30. The molecule has 0 aromatic heterocycles. The van der Waals surface area contributed by atoms with Crippen molar-refractivity contribution < 1.29 is 24.2 Å². The molecule has 2 aromatic carbocycles. The molecule has 0 saturated heterocycles. The fraction of sp³-hybridized carbons (Fsp3) is 0.300. The van der Waals surface area contributed by atoms with Gasteiger partial charge < -0.3 is 20.3 Å². The molecule has 3 rings (SSSR count). The topological polar surface area (TPSA) is 98.9 Å². The SMILES string of the molecule is COC(=O)[C@@H](N)[C@H](O)CC(=O)OCC1c2ccccc2-c2ccccc21. The highest BCUT2D eigenvalue weighted by Crippen LogP contribution is 2.44. The van der Waals surface area contributed by atoms with Crippen LogP contribution in [0.1, 0.15) is 23.5 Å². The van der Waals surface area contributed by atoms with Gasteiger partial charge in [-0.2, -0.15) is 0 Å². The lowest BCUT2D eigenvalue weighted by molar-refractivity contribution is -0.149. The Morgan fingerprint density at radius 3 is 2.15 bits per heavy atom. The van der Waals surface area contributed by atoms with E-state index in [0.717, 1.165) is 22.3 Å². The third-order valence-corrected chi connectivity index (χ3v) is 4.64. The maximum Gasteiger partial charge on any atom is 0.325 e. The molecule has 6 heteroatoms. The molecule has 6 nitrogen and oxygen atoms in total. The summed E-state index contributed by atoms with van der Waals surface area (Å²) < 4.78 is 9.83. The second kappa shape index (κ2) is 7.68. The van der Waals surface area contributed by atoms with Gasteiger partial charge in [0.1, 0.15) is 12.6 Å². The lowest BCUT2D eigenvalue weighted by Gasteiger charge is -2.17. The number of aliphatic hydroxyl groups excluding tert-OH is 1. The van der Waals surface area contributed by atoms with E-state index in [1.54, 1.807) is 0 Å². The summed E-state index contributed by atoms with van der Waals surface area (Å²) in [4.78, 5) is 23.4. The largest absolute Gasteiger partial charge is 0.468 e. The highest BCUT2D eigenvalue weighted by atomic mass is 16.5. The molecule has 0 aliphatic heterocycles. The van der Waals surface area contributed by atoms with Crippen molar-refractivity contribution in [3.05, 3.63) is 59.7 Å². The van der Waals surface area contributed by atoms with Gasteiger partial charge in [0.25, 0.3) is 0 Å². The van der Waals surface area contributed by atoms with Crippen LogP contribution in [0, 0.1) is 0 Å². The van der Waals surface area contributed by atoms with Crippen LogP contribution in [-0.2, 0) is 19.1 Å². The number of nitrogens with two attached hydrogens (primary N) is 1. The normalized spacial score (nSPS) is 14.9. The second-order valence-electron chi connectivity index (χ2n) is 6.23. The molecule has 0 spiro atoms. The Morgan fingerprint density at radius 2 is 1.62 bits per heavy atom.